The van der Waals surface area contributed by atoms with Crippen LogP contribution in [0.25, 0.3) is 0 Å². The zero-order chi connectivity index (χ0) is 12.0. The van der Waals surface area contributed by atoms with Gasteiger partial charge in [0.25, 0.3) is 0 Å². The average Bonchev–Trinajstić information content (AvgIpc) is 2.25. The molecule has 0 aliphatic heterocycles. The number of nitrogens with one attached hydrogen (secondary N) is 1. The van der Waals surface area contributed by atoms with Gasteiger partial charge >= 0.3 is 6.09 Å². The molecule has 1 amide bonds. The summed E-state index contributed by atoms with van der Waals surface area (Å²) in [5.74, 6) is 0. The van der Waals surface area contributed by atoms with Crippen molar-refractivity contribution < 1.29 is 9.53 Å². The first kappa shape index (κ1) is 12.8. The molecule has 0 saturated carbocycles. The lowest BCUT2D eigenvalue weighted by molar-refractivity contribution is 0.156. The molecule has 1 unspecified atom stereocenters. The van der Waals surface area contributed by atoms with Gasteiger partial charge < -0.3 is 15.8 Å². The molecule has 1 atom stereocenters. The predicted molar refractivity (Wildman–Crippen MR) is 63.4 cm³/mol. The monoisotopic (exact) mass is 242 g/mol. The van der Waals surface area contributed by atoms with Gasteiger partial charge in [0.2, 0.25) is 0 Å². The highest BCUT2D eigenvalue weighted by Crippen LogP contribution is 2.15. The van der Waals surface area contributed by atoms with Crippen molar-refractivity contribution in [3.05, 3.63) is 34.9 Å². The van der Waals surface area contributed by atoms with Gasteiger partial charge in [-0.2, -0.15) is 0 Å². The number of benzene rings is 1. The summed E-state index contributed by atoms with van der Waals surface area (Å²) in [7, 11) is 0. The standard InChI is InChI=1S/C11H15ClN2O2/c1-8(14-6-7-16-11(13)15)9-2-4-10(12)5-3-9/h2-5,8,14H,6-7H2,1H3,(H2,13,15). The summed E-state index contributed by atoms with van der Waals surface area (Å²) in [5.41, 5.74) is 5.96. The van der Waals surface area contributed by atoms with Crippen LogP contribution in [-0.4, -0.2) is 19.2 Å². The number of nitrogens with two attached hydrogens (primary N) is 1. The maximum absolute atomic E-state index is 10.3. The second-order valence-electron chi connectivity index (χ2n) is 3.39. The highest BCUT2D eigenvalue weighted by Gasteiger charge is 2.04. The van der Waals surface area contributed by atoms with Gasteiger partial charge in [0.15, 0.2) is 0 Å². The summed E-state index contributed by atoms with van der Waals surface area (Å²) in [5, 5.41) is 3.91. The Morgan fingerprint density at radius 1 is 1.50 bits per heavy atom. The van der Waals surface area contributed by atoms with Crippen LogP contribution >= 0.6 is 11.6 Å². The van der Waals surface area contributed by atoms with E-state index in [4.69, 9.17) is 17.3 Å². The van der Waals surface area contributed by atoms with E-state index in [1.165, 1.54) is 0 Å². The van der Waals surface area contributed by atoms with Crippen molar-refractivity contribution in [3.8, 4) is 0 Å². The number of hydrogen-bond acceptors (Lipinski definition) is 3. The molecule has 0 fully saturated rings. The maximum Gasteiger partial charge on any atom is 0.404 e. The molecular weight excluding hydrogens is 228 g/mol. The molecule has 1 aromatic carbocycles. The Balaban J connectivity index is 2.32. The van der Waals surface area contributed by atoms with Crippen LogP contribution < -0.4 is 11.1 Å². The number of hydrogen-bond donors (Lipinski definition) is 2. The minimum atomic E-state index is -0.749. The van der Waals surface area contributed by atoms with Crippen molar-refractivity contribution in [2.75, 3.05) is 13.2 Å². The Morgan fingerprint density at radius 3 is 2.69 bits per heavy atom. The summed E-state index contributed by atoms with van der Waals surface area (Å²) in [6.07, 6.45) is -0.749. The molecule has 0 bridgehead atoms. The maximum atomic E-state index is 10.3. The second kappa shape index (κ2) is 6.35. The quantitative estimate of drug-likeness (QED) is 0.777. The van der Waals surface area contributed by atoms with Crippen molar-refractivity contribution in [2.45, 2.75) is 13.0 Å². The molecule has 0 aromatic heterocycles. The molecule has 1 rings (SSSR count). The van der Waals surface area contributed by atoms with Gasteiger partial charge in [-0.25, -0.2) is 4.79 Å². The van der Waals surface area contributed by atoms with Crippen molar-refractivity contribution >= 4 is 17.7 Å². The smallest absolute Gasteiger partial charge is 0.404 e. The first-order valence-corrected chi connectivity index (χ1v) is 5.38. The van der Waals surface area contributed by atoms with E-state index in [0.29, 0.717) is 11.6 Å². The Labute approximate surface area is 99.7 Å². The van der Waals surface area contributed by atoms with Gasteiger partial charge in [-0.3, -0.25) is 0 Å². The largest absolute Gasteiger partial charge is 0.448 e. The normalized spacial score (nSPS) is 12.1. The summed E-state index contributed by atoms with van der Waals surface area (Å²) in [6.45, 7) is 2.85. The van der Waals surface area contributed by atoms with E-state index in [2.05, 4.69) is 10.1 Å². The zero-order valence-corrected chi connectivity index (χ0v) is 9.83. The summed E-state index contributed by atoms with van der Waals surface area (Å²) >= 11 is 5.79. The first-order chi connectivity index (χ1) is 7.59. The lowest BCUT2D eigenvalue weighted by Gasteiger charge is -2.13. The van der Waals surface area contributed by atoms with Crippen LogP contribution in [0.4, 0.5) is 4.79 Å². The third kappa shape index (κ3) is 4.51. The van der Waals surface area contributed by atoms with Gasteiger partial charge in [0, 0.05) is 17.6 Å². The van der Waals surface area contributed by atoms with Gasteiger partial charge in [0.1, 0.15) is 6.61 Å². The molecule has 3 N–H and O–H groups in total. The van der Waals surface area contributed by atoms with E-state index in [-0.39, 0.29) is 12.6 Å². The van der Waals surface area contributed by atoms with Crippen LogP contribution in [-0.2, 0) is 4.74 Å². The minimum absolute atomic E-state index is 0.175. The number of rotatable bonds is 5. The van der Waals surface area contributed by atoms with Crippen LogP contribution in [0.2, 0.25) is 5.02 Å². The molecule has 0 spiro atoms. The zero-order valence-electron chi connectivity index (χ0n) is 9.07. The van der Waals surface area contributed by atoms with Gasteiger partial charge in [-0.15, -0.1) is 0 Å². The topological polar surface area (TPSA) is 64.3 Å². The second-order valence-corrected chi connectivity index (χ2v) is 3.83. The van der Waals surface area contributed by atoms with Gasteiger partial charge in [-0.1, -0.05) is 23.7 Å². The lowest BCUT2D eigenvalue weighted by atomic mass is 10.1. The molecular formula is C11H15ClN2O2. The van der Waals surface area contributed by atoms with Crippen molar-refractivity contribution in [3.63, 3.8) is 0 Å². The van der Waals surface area contributed by atoms with Crippen LogP contribution in [0.3, 0.4) is 0 Å². The molecule has 0 heterocycles. The fourth-order valence-corrected chi connectivity index (χ4v) is 1.42. The van der Waals surface area contributed by atoms with Crippen LogP contribution in [0.1, 0.15) is 18.5 Å². The van der Waals surface area contributed by atoms with Crippen molar-refractivity contribution in [2.24, 2.45) is 5.73 Å². The molecule has 1 aromatic rings. The molecule has 0 aliphatic rings. The number of carbonyl (C=O) groups is 1. The van der Waals surface area contributed by atoms with E-state index < -0.39 is 6.09 Å². The van der Waals surface area contributed by atoms with E-state index in [1.807, 2.05) is 31.2 Å². The Kier molecular flexibility index (Phi) is 5.08. The average molecular weight is 243 g/mol. The molecule has 4 nitrogen and oxygen atoms in total. The lowest BCUT2D eigenvalue weighted by Crippen LogP contribution is -2.25. The molecule has 5 heteroatoms. The minimum Gasteiger partial charge on any atom is -0.448 e. The molecule has 0 saturated heterocycles. The predicted octanol–water partition coefficient (Wildman–Crippen LogP) is 2.09. The van der Waals surface area contributed by atoms with E-state index >= 15 is 0 Å². The van der Waals surface area contributed by atoms with E-state index in [1.54, 1.807) is 0 Å². The summed E-state index contributed by atoms with van der Waals surface area (Å²) < 4.78 is 4.60. The summed E-state index contributed by atoms with van der Waals surface area (Å²) in [4.78, 5) is 10.3. The highest BCUT2D eigenvalue weighted by atomic mass is 35.5. The number of amides is 1. The SMILES string of the molecule is CC(NCCOC(N)=O)c1ccc(Cl)cc1. The number of primary amides is 1. The van der Waals surface area contributed by atoms with Crippen LogP contribution in [0, 0.1) is 0 Å². The van der Waals surface area contributed by atoms with E-state index in [0.717, 1.165) is 5.56 Å². The highest BCUT2D eigenvalue weighted by molar-refractivity contribution is 6.30. The molecule has 0 aliphatic carbocycles. The van der Waals surface area contributed by atoms with Crippen molar-refractivity contribution in [1.29, 1.82) is 0 Å². The van der Waals surface area contributed by atoms with Crippen LogP contribution in [0.5, 0.6) is 0 Å². The fraction of sp³-hybridized carbons (Fsp3) is 0.364. The fourth-order valence-electron chi connectivity index (χ4n) is 1.30. The number of ether oxygens (including phenoxy) is 1. The van der Waals surface area contributed by atoms with Gasteiger partial charge in [0.05, 0.1) is 0 Å². The third-order valence-corrected chi connectivity index (χ3v) is 2.42. The molecule has 16 heavy (non-hydrogen) atoms. The molecule has 88 valence electrons. The molecule has 0 radical (unpaired) electrons. The van der Waals surface area contributed by atoms with Gasteiger partial charge in [-0.05, 0) is 24.6 Å². The Bertz CT molecular complexity index is 340. The van der Waals surface area contributed by atoms with Crippen LogP contribution in [0.15, 0.2) is 24.3 Å². The number of carbonyl (C=O) groups excluding carboxylic acids is 1. The van der Waals surface area contributed by atoms with E-state index in [9.17, 15) is 4.79 Å². The Morgan fingerprint density at radius 2 is 2.12 bits per heavy atom. The third-order valence-electron chi connectivity index (χ3n) is 2.17. The first-order valence-electron chi connectivity index (χ1n) is 5.00. The summed E-state index contributed by atoms with van der Waals surface area (Å²) in [6, 6.07) is 7.77. The Hall–Kier alpha value is -1.26. The number of halogens is 1. The van der Waals surface area contributed by atoms with Crippen molar-refractivity contribution in [1.82, 2.24) is 5.32 Å².